The molecular weight excluding hydrogens is 230 g/mol. The molecule has 0 aliphatic carbocycles. The third-order valence-electron chi connectivity index (χ3n) is 2.96. The molecule has 0 saturated heterocycles. The van der Waals surface area contributed by atoms with Crippen molar-refractivity contribution in [3.63, 3.8) is 0 Å². The van der Waals surface area contributed by atoms with Gasteiger partial charge in [0.15, 0.2) is 5.58 Å². The van der Waals surface area contributed by atoms with Crippen molar-refractivity contribution >= 4 is 16.8 Å². The molecule has 0 radical (unpaired) electrons. The van der Waals surface area contributed by atoms with Gasteiger partial charge in [0, 0.05) is 31.4 Å². The molecule has 1 atom stereocenters. The van der Waals surface area contributed by atoms with E-state index in [4.69, 9.17) is 10.2 Å². The number of nitrogens with one attached hydrogen (secondary N) is 1. The van der Waals surface area contributed by atoms with Crippen LogP contribution in [0.25, 0.3) is 11.1 Å². The number of rotatable bonds is 5. The predicted octanol–water partition coefficient (Wildman–Crippen LogP) is 1.67. The molecule has 18 heavy (non-hydrogen) atoms. The number of nitrogens with two attached hydrogens (primary N) is 1. The molecule has 2 rings (SSSR count). The van der Waals surface area contributed by atoms with E-state index in [0.717, 1.165) is 30.6 Å². The SMILES string of the molecule is CC(N)CCCNc1ccc2c(c1)oc(=O)n2C. The Morgan fingerprint density at radius 3 is 3.00 bits per heavy atom. The van der Waals surface area contributed by atoms with Crippen LogP contribution in [-0.4, -0.2) is 17.2 Å². The van der Waals surface area contributed by atoms with Gasteiger partial charge in [-0.3, -0.25) is 4.57 Å². The second kappa shape index (κ2) is 5.27. The molecular formula is C13H19N3O2. The summed E-state index contributed by atoms with van der Waals surface area (Å²) in [4.78, 5) is 11.3. The van der Waals surface area contributed by atoms with E-state index in [2.05, 4.69) is 5.32 Å². The predicted molar refractivity (Wildman–Crippen MR) is 72.8 cm³/mol. The van der Waals surface area contributed by atoms with Gasteiger partial charge in [0.25, 0.3) is 0 Å². The smallest absolute Gasteiger partial charge is 0.408 e. The largest absolute Gasteiger partial charge is 0.419 e. The van der Waals surface area contributed by atoms with Gasteiger partial charge in [0.2, 0.25) is 0 Å². The number of aryl methyl sites for hydroxylation is 1. The molecule has 1 unspecified atom stereocenters. The zero-order chi connectivity index (χ0) is 13.1. The van der Waals surface area contributed by atoms with Crippen LogP contribution < -0.4 is 16.8 Å². The molecule has 5 nitrogen and oxygen atoms in total. The van der Waals surface area contributed by atoms with Crippen LogP contribution in [0, 0.1) is 0 Å². The fourth-order valence-electron chi connectivity index (χ4n) is 1.90. The third kappa shape index (κ3) is 2.73. The van der Waals surface area contributed by atoms with E-state index in [9.17, 15) is 4.79 Å². The Kier molecular flexibility index (Phi) is 3.72. The monoisotopic (exact) mass is 249 g/mol. The maximum Gasteiger partial charge on any atom is 0.419 e. The normalized spacial score (nSPS) is 12.8. The van der Waals surface area contributed by atoms with Crippen LogP contribution >= 0.6 is 0 Å². The van der Waals surface area contributed by atoms with Crippen LogP contribution in [0.4, 0.5) is 5.69 Å². The van der Waals surface area contributed by atoms with E-state index in [0.29, 0.717) is 5.58 Å². The molecule has 2 aromatic rings. The summed E-state index contributed by atoms with van der Waals surface area (Å²) in [5.41, 5.74) is 8.06. The van der Waals surface area contributed by atoms with Crippen molar-refractivity contribution in [2.45, 2.75) is 25.8 Å². The number of hydrogen-bond acceptors (Lipinski definition) is 4. The summed E-state index contributed by atoms with van der Waals surface area (Å²) in [6.07, 6.45) is 2.02. The lowest BCUT2D eigenvalue weighted by Gasteiger charge is -2.07. The lowest BCUT2D eigenvalue weighted by molar-refractivity contribution is 0.528. The Morgan fingerprint density at radius 2 is 2.28 bits per heavy atom. The molecule has 0 spiro atoms. The lowest BCUT2D eigenvalue weighted by Crippen LogP contribution is -2.16. The van der Waals surface area contributed by atoms with Crippen molar-refractivity contribution < 1.29 is 4.42 Å². The summed E-state index contributed by atoms with van der Waals surface area (Å²) >= 11 is 0. The summed E-state index contributed by atoms with van der Waals surface area (Å²) in [5, 5.41) is 3.29. The van der Waals surface area contributed by atoms with Crippen molar-refractivity contribution in [3.05, 3.63) is 28.7 Å². The lowest BCUT2D eigenvalue weighted by atomic mass is 10.2. The average molecular weight is 249 g/mol. The Hall–Kier alpha value is -1.75. The number of nitrogens with zero attached hydrogens (tertiary/aromatic N) is 1. The summed E-state index contributed by atoms with van der Waals surface area (Å²) < 4.78 is 6.63. The molecule has 0 saturated carbocycles. The van der Waals surface area contributed by atoms with E-state index in [1.54, 1.807) is 7.05 Å². The molecule has 1 heterocycles. The van der Waals surface area contributed by atoms with E-state index in [-0.39, 0.29) is 11.8 Å². The van der Waals surface area contributed by atoms with Crippen LogP contribution in [-0.2, 0) is 7.05 Å². The van der Waals surface area contributed by atoms with Crippen LogP contribution in [0.1, 0.15) is 19.8 Å². The van der Waals surface area contributed by atoms with Gasteiger partial charge in [0.1, 0.15) is 0 Å². The second-order valence-corrected chi connectivity index (χ2v) is 4.66. The summed E-state index contributed by atoms with van der Waals surface area (Å²) in [7, 11) is 1.70. The molecule has 1 aromatic carbocycles. The minimum Gasteiger partial charge on any atom is -0.408 e. The Labute approximate surface area is 106 Å². The molecule has 0 aliphatic heterocycles. The van der Waals surface area contributed by atoms with Crippen LogP contribution in [0.3, 0.4) is 0 Å². The zero-order valence-corrected chi connectivity index (χ0v) is 10.8. The van der Waals surface area contributed by atoms with Crippen molar-refractivity contribution in [2.75, 3.05) is 11.9 Å². The van der Waals surface area contributed by atoms with Crippen molar-refractivity contribution in [3.8, 4) is 0 Å². The van der Waals surface area contributed by atoms with E-state index >= 15 is 0 Å². The number of anilines is 1. The zero-order valence-electron chi connectivity index (χ0n) is 10.8. The van der Waals surface area contributed by atoms with Gasteiger partial charge in [-0.15, -0.1) is 0 Å². The third-order valence-corrected chi connectivity index (χ3v) is 2.96. The first-order valence-corrected chi connectivity index (χ1v) is 6.17. The Balaban J connectivity index is 2.04. The highest BCUT2D eigenvalue weighted by atomic mass is 16.4. The number of fused-ring (bicyclic) bond motifs is 1. The van der Waals surface area contributed by atoms with Gasteiger partial charge in [0.05, 0.1) is 5.52 Å². The van der Waals surface area contributed by atoms with Gasteiger partial charge in [-0.25, -0.2) is 4.79 Å². The highest BCUT2D eigenvalue weighted by Crippen LogP contribution is 2.17. The van der Waals surface area contributed by atoms with Gasteiger partial charge < -0.3 is 15.5 Å². The number of hydrogen-bond donors (Lipinski definition) is 2. The topological polar surface area (TPSA) is 73.2 Å². The fourth-order valence-corrected chi connectivity index (χ4v) is 1.90. The highest BCUT2D eigenvalue weighted by molar-refractivity contribution is 5.77. The maximum absolute atomic E-state index is 11.3. The Morgan fingerprint density at radius 1 is 1.50 bits per heavy atom. The number of aromatic nitrogens is 1. The molecule has 0 fully saturated rings. The molecule has 98 valence electrons. The van der Waals surface area contributed by atoms with Gasteiger partial charge in [-0.2, -0.15) is 0 Å². The van der Waals surface area contributed by atoms with Crippen molar-refractivity contribution in [2.24, 2.45) is 12.8 Å². The molecule has 0 bridgehead atoms. The number of benzene rings is 1. The first kappa shape index (κ1) is 12.7. The summed E-state index contributed by atoms with van der Waals surface area (Å²) in [6.45, 7) is 2.87. The van der Waals surface area contributed by atoms with E-state index in [1.165, 1.54) is 4.57 Å². The minimum atomic E-state index is -0.334. The Bertz CT molecular complexity index is 583. The van der Waals surface area contributed by atoms with E-state index in [1.807, 2.05) is 25.1 Å². The maximum atomic E-state index is 11.3. The second-order valence-electron chi connectivity index (χ2n) is 4.66. The van der Waals surface area contributed by atoms with Crippen molar-refractivity contribution in [1.29, 1.82) is 0 Å². The van der Waals surface area contributed by atoms with E-state index < -0.39 is 0 Å². The van der Waals surface area contributed by atoms with Gasteiger partial charge in [-0.1, -0.05) is 0 Å². The minimum absolute atomic E-state index is 0.237. The quantitative estimate of drug-likeness (QED) is 0.791. The van der Waals surface area contributed by atoms with Crippen LogP contribution in [0.15, 0.2) is 27.4 Å². The molecule has 0 aliphatic rings. The summed E-state index contributed by atoms with van der Waals surface area (Å²) in [5.74, 6) is -0.334. The first-order valence-electron chi connectivity index (χ1n) is 6.17. The average Bonchev–Trinajstić information content (AvgIpc) is 2.60. The standard InChI is InChI=1S/C13H19N3O2/c1-9(14)4-3-7-15-10-5-6-11-12(8-10)18-13(17)16(11)2/h5-6,8-9,15H,3-4,7,14H2,1-2H3. The number of oxazole rings is 1. The molecule has 3 N–H and O–H groups in total. The first-order chi connectivity index (χ1) is 8.58. The van der Waals surface area contributed by atoms with Crippen molar-refractivity contribution in [1.82, 2.24) is 4.57 Å². The molecule has 5 heteroatoms. The van der Waals surface area contributed by atoms with Gasteiger partial charge in [-0.05, 0) is 31.9 Å². The highest BCUT2D eigenvalue weighted by Gasteiger charge is 2.05. The van der Waals surface area contributed by atoms with Crippen LogP contribution in [0.5, 0.6) is 0 Å². The fraction of sp³-hybridized carbons (Fsp3) is 0.462. The van der Waals surface area contributed by atoms with Gasteiger partial charge >= 0.3 is 5.76 Å². The molecule has 1 aromatic heterocycles. The summed E-state index contributed by atoms with van der Waals surface area (Å²) in [6, 6.07) is 5.92. The van der Waals surface area contributed by atoms with Crippen LogP contribution in [0.2, 0.25) is 0 Å². The molecule has 0 amide bonds.